The molecule has 1 aliphatic rings. The molecule has 2 rings (SSSR count). The second-order valence-corrected chi connectivity index (χ2v) is 18.8. The van der Waals surface area contributed by atoms with Crippen LogP contribution < -0.4 is 83.1 Å². The number of aromatic nitrogens is 2. The summed E-state index contributed by atoms with van der Waals surface area (Å²) in [6, 6.07) is -7.19. The lowest BCUT2D eigenvalue weighted by Gasteiger charge is -2.27. The standard InChI is InChI=1S/C48H85FN20O11/c49-28-19-36(69(26-28)47(80)34(11-7-16-53)63-39(73)25-61-46(79)40(37(71)23-55)68-38(72)21-30(70)22-54)45(78)67-35(20-29-24-58-27-62-29)44(77)66-32(10-2-4-14-51)42(75)65-33(12-8-18-60-48(56)57)43(76)64-31(9-1-3-13-50)41(74)59-17-6-5-15-52/h12,24,27-28,30-32,35-37,40,70-71H,1-11,13-23,25-26,50-55H2,(H,58,62)(H,59,74)(H,61,79)(H,64,76)(H,65,75)(H,66,77)(H,67,78)(H,68,72)(H4,56,57,60)/b33-12-,63-34?/t28-,30-,31+,32+,35+,36+,37+,40+/m1/s1. The fraction of sp³-hybridized carbons (Fsp3) is 0.667. The number of H-pyrrole nitrogens is 1. The number of hydrogen-bond acceptors (Lipinski definition) is 19. The van der Waals surface area contributed by atoms with Gasteiger partial charge in [-0.15, -0.1) is 0 Å². The van der Waals surface area contributed by atoms with Gasteiger partial charge in [0.25, 0.3) is 17.7 Å². The minimum absolute atomic E-state index is 0.00540. The third kappa shape index (κ3) is 25.8. The average Bonchev–Trinajstić information content (AvgIpc) is 4.10. The first kappa shape index (κ1) is 69.0. The van der Waals surface area contributed by atoms with Crippen LogP contribution in [0, 0.1) is 0 Å². The number of hydrogen-bond donors (Lipinski definition) is 18. The summed E-state index contributed by atoms with van der Waals surface area (Å²) < 4.78 is 15.4. The largest absolute Gasteiger partial charge is 0.391 e. The minimum Gasteiger partial charge on any atom is -0.391 e. The summed E-state index contributed by atoms with van der Waals surface area (Å²) in [6.07, 6.45) is 1.15. The molecule has 1 fully saturated rings. The number of aliphatic hydroxyl groups is 2. The van der Waals surface area contributed by atoms with Crippen LogP contribution in [0.4, 0.5) is 4.39 Å². The van der Waals surface area contributed by atoms with Gasteiger partial charge in [0.15, 0.2) is 5.96 Å². The summed E-state index contributed by atoms with van der Waals surface area (Å²) in [7, 11) is 0. The minimum atomic E-state index is -1.76. The molecule has 2 heterocycles. The number of nitrogens with two attached hydrogens (primary N) is 8. The number of imidazole rings is 1. The van der Waals surface area contributed by atoms with Crippen LogP contribution in [0.15, 0.2) is 34.3 Å². The van der Waals surface area contributed by atoms with Gasteiger partial charge in [-0.25, -0.2) is 14.4 Å². The van der Waals surface area contributed by atoms with E-state index in [0.29, 0.717) is 63.9 Å². The first-order valence-corrected chi connectivity index (χ1v) is 26.7. The van der Waals surface area contributed by atoms with Gasteiger partial charge in [0.1, 0.15) is 47.8 Å². The Balaban J connectivity index is 2.46. The highest BCUT2D eigenvalue weighted by Crippen LogP contribution is 2.23. The van der Waals surface area contributed by atoms with Crippen molar-refractivity contribution in [3.05, 3.63) is 30.0 Å². The molecule has 1 aromatic rings. The highest BCUT2D eigenvalue weighted by Gasteiger charge is 2.43. The summed E-state index contributed by atoms with van der Waals surface area (Å²) in [6.45, 7) is -0.963. The van der Waals surface area contributed by atoms with Crippen molar-refractivity contribution in [2.45, 2.75) is 138 Å². The number of rotatable bonds is 39. The Bertz CT molecular complexity index is 2230. The van der Waals surface area contributed by atoms with E-state index in [1.807, 2.05) is 0 Å². The van der Waals surface area contributed by atoms with Crippen molar-refractivity contribution in [1.29, 1.82) is 0 Å². The van der Waals surface area contributed by atoms with E-state index in [4.69, 9.17) is 45.9 Å². The van der Waals surface area contributed by atoms with E-state index >= 15 is 4.39 Å². The number of likely N-dealkylation sites (tertiary alicyclic amines) is 1. The zero-order valence-electron chi connectivity index (χ0n) is 45.2. The van der Waals surface area contributed by atoms with Crippen molar-refractivity contribution in [2.75, 3.05) is 65.4 Å². The van der Waals surface area contributed by atoms with Gasteiger partial charge in [-0.3, -0.25) is 48.1 Å². The van der Waals surface area contributed by atoms with Crippen molar-refractivity contribution in [3.8, 4) is 0 Å². The number of aromatic amines is 1. The quantitative estimate of drug-likeness (QED) is 0.0126. The Hall–Kier alpha value is -7.07. The molecule has 450 valence electrons. The van der Waals surface area contributed by atoms with Gasteiger partial charge in [0.2, 0.25) is 35.4 Å². The number of aliphatic hydroxyl groups excluding tert-OH is 2. The van der Waals surface area contributed by atoms with Crippen molar-refractivity contribution in [2.24, 2.45) is 55.9 Å². The lowest BCUT2D eigenvalue weighted by Crippen LogP contribution is -2.57. The number of guanidine groups is 1. The monoisotopic (exact) mass is 1140 g/mol. The highest BCUT2D eigenvalue weighted by molar-refractivity contribution is 6.40. The lowest BCUT2D eigenvalue weighted by atomic mass is 10.1. The molecule has 0 bridgehead atoms. The number of carbonyl (C=O) groups is 9. The van der Waals surface area contributed by atoms with Crippen LogP contribution in [0.3, 0.4) is 0 Å². The van der Waals surface area contributed by atoms with Crippen LogP contribution in [-0.4, -0.2) is 204 Å². The summed E-state index contributed by atoms with van der Waals surface area (Å²) in [5.74, 6) is -8.41. The van der Waals surface area contributed by atoms with Gasteiger partial charge in [0.05, 0.1) is 38.0 Å². The number of alkyl halides is 1. The van der Waals surface area contributed by atoms with Crippen LogP contribution in [0.5, 0.6) is 0 Å². The van der Waals surface area contributed by atoms with E-state index in [2.05, 4.69) is 57.2 Å². The van der Waals surface area contributed by atoms with Gasteiger partial charge in [-0.2, -0.15) is 0 Å². The molecule has 9 amide bonds. The smallest absolute Gasteiger partial charge is 0.269 e. The van der Waals surface area contributed by atoms with Gasteiger partial charge in [0, 0.05) is 50.9 Å². The number of aliphatic imine (C=N–C) groups is 2. The van der Waals surface area contributed by atoms with E-state index in [9.17, 15) is 53.4 Å². The molecule has 0 spiro atoms. The predicted molar refractivity (Wildman–Crippen MR) is 292 cm³/mol. The molecule has 26 N–H and O–H groups in total. The lowest BCUT2D eigenvalue weighted by molar-refractivity contribution is -0.136. The molecule has 1 aromatic heterocycles. The second kappa shape index (κ2) is 38.5. The molecule has 80 heavy (non-hydrogen) atoms. The molecule has 0 aliphatic carbocycles. The van der Waals surface area contributed by atoms with Crippen LogP contribution in [0.2, 0.25) is 0 Å². The maximum absolute atomic E-state index is 15.4. The normalized spacial score (nSPS) is 16.7. The van der Waals surface area contributed by atoms with Crippen LogP contribution in [-0.2, 0) is 49.6 Å². The number of unbranched alkanes of at least 4 members (excludes halogenated alkanes) is 3. The van der Waals surface area contributed by atoms with Crippen molar-refractivity contribution in [3.63, 3.8) is 0 Å². The van der Waals surface area contributed by atoms with E-state index in [1.165, 1.54) is 18.6 Å². The van der Waals surface area contributed by atoms with Gasteiger partial charge in [-0.1, -0.05) is 6.08 Å². The number of nitrogens with zero attached hydrogens (tertiary/aromatic N) is 4. The molecule has 1 saturated heterocycles. The van der Waals surface area contributed by atoms with Crippen molar-refractivity contribution < 1.29 is 57.8 Å². The molecule has 0 aromatic carbocycles. The number of amides is 9. The number of halogens is 1. The van der Waals surface area contributed by atoms with Crippen LogP contribution in [0.1, 0.15) is 89.2 Å². The maximum atomic E-state index is 15.4. The predicted octanol–water partition coefficient (Wildman–Crippen LogP) is -7.54. The summed E-state index contributed by atoms with van der Waals surface area (Å²) >= 11 is 0. The molecule has 8 atom stereocenters. The summed E-state index contributed by atoms with van der Waals surface area (Å²) in [5, 5.41) is 37.7. The third-order valence-electron chi connectivity index (χ3n) is 12.2. The van der Waals surface area contributed by atoms with E-state index in [-0.39, 0.29) is 76.4 Å². The Morgan fingerprint density at radius 2 is 1.43 bits per heavy atom. The topological polar surface area (TPSA) is 543 Å². The molecule has 0 unspecified atom stereocenters. The molecular weight excluding hydrogens is 1050 g/mol. The fourth-order valence-electron chi connectivity index (χ4n) is 7.92. The van der Waals surface area contributed by atoms with Gasteiger partial charge in [-0.05, 0) is 96.8 Å². The first-order valence-electron chi connectivity index (χ1n) is 26.7. The Morgan fingerprint density at radius 3 is 2.02 bits per heavy atom. The van der Waals surface area contributed by atoms with E-state index < -0.39 is 140 Å². The molecule has 0 saturated carbocycles. The zero-order chi connectivity index (χ0) is 59.6. The van der Waals surface area contributed by atoms with Gasteiger partial charge >= 0.3 is 0 Å². The van der Waals surface area contributed by atoms with Gasteiger partial charge < -0.3 is 103 Å². The molecule has 32 heteroatoms. The molecular formula is C48H85FN20O11. The average molecular weight is 1140 g/mol. The van der Waals surface area contributed by atoms with Crippen LogP contribution >= 0.6 is 0 Å². The maximum Gasteiger partial charge on any atom is 0.269 e. The Labute approximate surface area is 463 Å². The first-order chi connectivity index (χ1) is 38.2. The SMILES string of the molecule is NCCCCNC(=O)[C@H](CCCCN)NC(=O)/C(=C/CCN=C(N)N)NC(=O)[C@H](CCCCN)NC(=O)[C@H](Cc1cnc[nH]1)NC(=O)[C@@H]1C[C@@H](F)CN1C(=O)C(CCCN)=NC(=O)CNC(=O)[C@@H](NC(=O)C[C@@H](O)CN)[C@@H](O)CN. The fourth-order valence-corrected chi connectivity index (χ4v) is 7.92. The van der Waals surface area contributed by atoms with E-state index in [1.54, 1.807) is 0 Å². The third-order valence-corrected chi connectivity index (χ3v) is 12.2. The molecule has 0 radical (unpaired) electrons. The Morgan fingerprint density at radius 1 is 0.775 bits per heavy atom. The zero-order valence-corrected chi connectivity index (χ0v) is 45.2. The van der Waals surface area contributed by atoms with Crippen molar-refractivity contribution in [1.82, 2.24) is 52.1 Å². The van der Waals surface area contributed by atoms with Crippen LogP contribution in [0.25, 0.3) is 0 Å². The number of carbonyl (C=O) groups excluding carboxylic acids is 9. The van der Waals surface area contributed by atoms with Crippen molar-refractivity contribution >= 4 is 64.8 Å². The highest BCUT2D eigenvalue weighted by atomic mass is 19.1. The Kier molecular flexibility index (Phi) is 33.2. The summed E-state index contributed by atoms with van der Waals surface area (Å²) in [5.41, 5.74) is 44.2. The second-order valence-electron chi connectivity index (χ2n) is 18.8. The molecule has 1 aliphatic heterocycles. The molecule has 31 nitrogen and oxygen atoms in total. The summed E-state index contributed by atoms with van der Waals surface area (Å²) in [4.78, 5) is 138. The van der Waals surface area contributed by atoms with E-state index in [0.717, 1.165) is 4.90 Å². The number of nitrogens with one attached hydrogen (secondary N) is 8.